The van der Waals surface area contributed by atoms with Crippen molar-refractivity contribution in [3.63, 3.8) is 0 Å². The van der Waals surface area contributed by atoms with E-state index in [0.29, 0.717) is 29.7 Å². The molecule has 1 amide bonds. The number of ether oxygens (including phenoxy) is 3. The number of amides is 1. The van der Waals surface area contributed by atoms with Crippen molar-refractivity contribution < 1.29 is 32.2 Å². The van der Waals surface area contributed by atoms with Gasteiger partial charge in [0.05, 0.1) is 11.8 Å². The third-order valence-corrected chi connectivity index (χ3v) is 5.86. The molecular weight excluding hydrogens is 435 g/mol. The average Bonchev–Trinajstić information content (AvgIpc) is 3.16. The zero-order chi connectivity index (χ0) is 22.0. The van der Waals surface area contributed by atoms with E-state index in [-0.39, 0.29) is 11.5 Å². The number of pyridine rings is 1. The molecule has 1 aliphatic heterocycles. The first-order valence-electron chi connectivity index (χ1n) is 9.42. The van der Waals surface area contributed by atoms with Gasteiger partial charge in [-0.1, -0.05) is 11.3 Å². The summed E-state index contributed by atoms with van der Waals surface area (Å²) in [7, 11) is 1.50. The number of nitrogens with one attached hydrogen (secondary N) is 1. The van der Waals surface area contributed by atoms with Crippen LogP contribution in [-0.4, -0.2) is 42.6 Å². The SMILES string of the molecule is COc1ncc(C2CCOCC2)c2sc(NC(=O)c3ccc(OC(F)(F)F)cc3)nc12. The van der Waals surface area contributed by atoms with Crippen LogP contribution in [0.1, 0.15) is 34.7 Å². The van der Waals surface area contributed by atoms with Gasteiger partial charge < -0.3 is 14.2 Å². The number of carbonyl (C=O) groups is 1. The van der Waals surface area contributed by atoms with Crippen molar-refractivity contribution in [2.75, 3.05) is 25.6 Å². The smallest absolute Gasteiger partial charge is 0.479 e. The number of hydrogen-bond acceptors (Lipinski definition) is 7. The van der Waals surface area contributed by atoms with Gasteiger partial charge >= 0.3 is 6.36 Å². The van der Waals surface area contributed by atoms with Crippen LogP contribution in [0.15, 0.2) is 30.5 Å². The molecule has 4 rings (SSSR count). The number of nitrogens with zero attached hydrogens (tertiary/aromatic N) is 2. The van der Waals surface area contributed by atoms with Crippen LogP contribution < -0.4 is 14.8 Å². The summed E-state index contributed by atoms with van der Waals surface area (Å²) >= 11 is 1.30. The van der Waals surface area contributed by atoms with E-state index in [1.807, 2.05) is 0 Å². The van der Waals surface area contributed by atoms with Crippen LogP contribution >= 0.6 is 11.3 Å². The Balaban J connectivity index is 1.57. The highest BCUT2D eigenvalue weighted by atomic mass is 32.1. The van der Waals surface area contributed by atoms with Crippen LogP contribution in [0.3, 0.4) is 0 Å². The predicted molar refractivity (Wildman–Crippen MR) is 108 cm³/mol. The molecule has 1 aromatic carbocycles. The quantitative estimate of drug-likeness (QED) is 0.601. The van der Waals surface area contributed by atoms with E-state index < -0.39 is 18.0 Å². The lowest BCUT2D eigenvalue weighted by Crippen LogP contribution is -2.17. The Morgan fingerprint density at radius 3 is 2.58 bits per heavy atom. The van der Waals surface area contributed by atoms with Gasteiger partial charge in [-0.05, 0) is 48.6 Å². The molecule has 0 bridgehead atoms. The predicted octanol–water partition coefficient (Wildman–Crippen LogP) is 4.74. The first-order chi connectivity index (χ1) is 14.8. The molecule has 1 N–H and O–H groups in total. The molecule has 0 spiro atoms. The summed E-state index contributed by atoms with van der Waals surface area (Å²) < 4.78 is 52.3. The summed E-state index contributed by atoms with van der Waals surface area (Å²) in [6, 6.07) is 4.66. The molecule has 3 heterocycles. The molecule has 0 atom stereocenters. The van der Waals surface area contributed by atoms with E-state index in [2.05, 4.69) is 20.0 Å². The lowest BCUT2D eigenvalue weighted by atomic mass is 9.93. The number of carbonyl (C=O) groups excluding carboxylic acids is 1. The number of alkyl halides is 3. The molecule has 0 aliphatic carbocycles. The second kappa shape index (κ2) is 8.67. The lowest BCUT2D eigenvalue weighted by Gasteiger charge is -2.22. The highest BCUT2D eigenvalue weighted by molar-refractivity contribution is 7.22. The van der Waals surface area contributed by atoms with Gasteiger partial charge in [0.25, 0.3) is 5.91 Å². The van der Waals surface area contributed by atoms with Crippen LogP contribution in [-0.2, 0) is 4.74 Å². The molecule has 3 aromatic rings. The number of fused-ring (bicyclic) bond motifs is 1. The summed E-state index contributed by atoms with van der Waals surface area (Å²) in [6.45, 7) is 1.35. The molecule has 1 aliphatic rings. The molecule has 0 unspecified atom stereocenters. The summed E-state index contributed by atoms with van der Waals surface area (Å²) in [5.74, 6) is -0.269. The van der Waals surface area contributed by atoms with E-state index in [1.165, 1.54) is 30.6 Å². The highest BCUT2D eigenvalue weighted by Gasteiger charge is 2.31. The van der Waals surface area contributed by atoms with Gasteiger partial charge in [0.15, 0.2) is 5.13 Å². The maximum absolute atomic E-state index is 12.6. The maximum atomic E-state index is 12.6. The van der Waals surface area contributed by atoms with Gasteiger partial charge in [-0.2, -0.15) is 0 Å². The zero-order valence-corrected chi connectivity index (χ0v) is 17.2. The van der Waals surface area contributed by atoms with Gasteiger partial charge in [0, 0.05) is 25.0 Å². The maximum Gasteiger partial charge on any atom is 0.573 e. The Hall–Kier alpha value is -2.92. The second-order valence-electron chi connectivity index (χ2n) is 6.83. The number of anilines is 1. The Bertz CT molecular complexity index is 1080. The molecule has 0 radical (unpaired) electrons. The van der Waals surface area contributed by atoms with Crippen molar-refractivity contribution >= 4 is 32.6 Å². The van der Waals surface area contributed by atoms with Gasteiger partial charge in [0.2, 0.25) is 5.88 Å². The van der Waals surface area contributed by atoms with Gasteiger partial charge in [-0.15, -0.1) is 13.2 Å². The summed E-state index contributed by atoms with van der Waals surface area (Å²) in [5.41, 5.74) is 1.76. The van der Waals surface area contributed by atoms with Crippen LogP contribution in [0.25, 0.3) is 10.2 Å². The highest BCUT2D eigenvalue weighted by Crippen LogP contribution is 2.39. The van der Waals surface area contributed by atoms with E-state index in [0.717, 1.165) is 35.2 Å². The Morgan fingerprint density at radius 2 is 1.94 bits per heavy atom. The van der Waals surface area contributed by atoms with Crippen LogP contribution in [0.4, 0.5) is 18.3 Å². The minimum absolute atomic E-state index is 0.170. The Kier molecular flexibility index (Phi) is 5.96. The van der Waals surface area contributed by atoms with E-state index >= 15 is 0 Å². The Labute approximate surface area is 179 Å². The molecule has 31 heavy (non-hydrogen) atoms. The van der Waals surface area contributed by atoms with Crippen molar-refractivity contribution in [1.82, 2.24) is 9.97 Å². The van der Waals surface area contributed by atoms with Gasteiger partial charge in [-0.3, -0.25) is 10.1 Å². The van der Waals surface area contributed by atoms with Crippen LogP contribution in [0.2, 0.25) is 0 Å². The number of rotatable bonds is 5. The van der Waals surface area contributed by atoms with Crippen molar-refractivity contribution in [2.45, 2.75) is 25.1 Å². The molecule has 0 saturated carbocycles. The first-order valence-corrected chi connectivity index (χ1v) is 10.2. The summed E-state index contributed by atoms with van der Waals surface area (Å²) in [6.07, 6.45) is -1.27. The number of halogens is 3. The largest absolute Gasteiger partial charge is 0.573 e. The van der Waals surface area contributed by atoms with Crippen LogP contribution in [0.5, 0.6) is 11.6 Å². The number of aromatic nitrogens is 2. The number of thiazole rings is 1. The molecular formula is C20H18F3N3O4S. The van der Waals surface area contributed by atoms with Crippen molar-refractivity contribution in [2.24, 2.45) is 0 Å². The number of benzene rings is 1. The zero-order valence-electron chi connectivity index (χ0n) is 16.4. The third-order valence-electron chi connectivity index (χ3n) is 4.84. The van der Waals surface area contributed by atoms with E-state index in [1.54, 1.807) is 6.20 Å². The average molecular weight is 453 g/mol. The fourth-order valence-electron chi connectivity index (χ4n) is 3.39. The summed E-state index contributed by atoms with van der Waals surface area (Å²) in [5, 5.41) is 3.04. The number of methoxy groups -OCH3 is 1. The topological polar surface area (TPSA) is 82.6 Å². The molecule has 7 nitrogen and oxygen atoms in total. The monoisotopic (exact) mass is 453 g/mol. The fourth-order valence-corrected chi connectivity index (χ4v) is 4.43. The number of hydrogen-bond donors (Lipinski definition) is 1. The molecule has 2 aromatic heterocycles. The molecule has 11 heteroatoms. The summed E-state index contributed by atoms with van der Waals surface area (Å²) in [4.78, 5) is 21.4. The minimum Gasteiger partial charge on any atom is -0.479 e. The second-order valence-corrected chi connectivity index (χ2v) is 7.83. The normalized spacial score (nSPS) is 15.1. The van der Waals surface area contributed by atoms with E-state index in [9.17, 15) is 18.0 Å². The van der Waals surface area contributed by atoms with Crippen molar-refractivity contribution in [1.29, 1.82) is 0 Å². The van der Waals surface area contributed by atoms with E-state index in [4.69, 9.17) is 9.47 Å². The van der Waals surface area contributed by atoms with Crippen LogP contribution in [0, 0.1) is 0 Å². The van der Waals surface area contributed by atoms with Gasteiger partial charge in [-0.25, -0.2) is 9.97 Å². The van der Waals surface area contributed by atoms with Gasteiger partial charge in [0.1, 0.15) is 11.3 Å². The Morgan fingerprint density at radius 1 is 1.23 bits per heavy atom. The third kappa shape index (κ3) is 4.88. The lowest BCUT2D eigenvalue weighted by molar-refractivity contribution is -0.274. The first kappa shape index (κ1) is 21.3. The molecule has 1 fully saturated rings. The van der Waals surface area contributed by atoms with Crippen molar-refractivity contribution in [3.05, 3.63) is 41.6 Å². The minimum atomic E-state index is -4.79. The molecule has 164 valence electrons. The molecule has 1 saturated heterocycles. The van der Waals surface area contributed by atoms with Crippen molar-refractivity contribution in [3.8, 4) is 11.6 Å². The fraction of sp³-hybridized carbons (Fsp3) is 0.350. The standard InChI is InChI=1S/C20H18F3N3O4S/c1-28-18-15-16(14(10-24-18)11-6-8-29-9-7-11)31-19(25-15)26-17(27)12-2-4-13(5-3-12)30-20(21,22)23/h2-5,10-11H,6-9H2,1H3,(H,25,26,27).